The molecule has 0 fully saturated rings. The van der Waals surface area contributed by atoms with Gasteiger partial charge in [0.25, 0.3) is 0 Å². The summed E-state index contributed by atoms with van der Waals surface area (Å²) in [7, 11) is 3.67. The van der Waals surface area contributed by atoms with Crippen molar-refractivity contribution in [2.24, 2.45) is 0 Å². The van der Waals surface area contributed by atoms with Gasteiger partial charge in [0, 0.05) is 41.9 Å². The predicted octanol–water partition coefficient (Wildman–Crippen LogP) is 4.54. The number of carbonyl (C=O) groups excluding carboxylic acids is 1. The number of ether oxygens (including phenoxy) is 1. The Morgan fingerprint density at radius 2 is 1.75 bits per heavy atom. The molecule has 1 heterocycles. The Morgan fingerprint density at radius 3 is 2.33 bits per heavy atom. The number of carboxylic acid groups (broad SMARTS) is 2. The highest BCUT2D eigenvalue weighted by Gasteiger charge is 2.16. The van der Waals surface area contributed by atoms with Crippen LogP contribution in [-0.2, 0) is 14.4 Å². The molecule has 212 valence electrons. The smallest absolute Gasteiger partial charge is 0.387 e. The highest BCUT2D eigenvalue weighted by Crippen LogP contribution is 2.34. The van der Waals surface area contributed by atoms with Crippen LogP contribution in [0.1, 0.15) is 0 Å². The van der Waals surface area contributed by atoms with Gasteiger partial charge in [-0.3, -0.25) is 4.79 Å². The second kappa shape index (κ2) is 15.0. The van der Waals surface area contributed by atoms with E-state index in [-0.39, 0.29) is 22.0 Å². The van der Waals surface area contributed by atoms with Gasteiger partial charge in [0.05, 0.1) is 16.2 Å². The van der Waals surface area contributed by atoms with E-state index >= 15 is 0 Å². The Bertz CT molecular complexity index is 1420. The summed E-state index contributed by atoms with van der Waals surface area (Å²) in [6.07, 6.45) is 5.25. The molecular weight excluding hydrogens is 559 g/mol. The molecule has 1 amide bonds. The standard InChI is InChI=1S/C21H19ClF3N5O2.C4H4O4/c1-30(2)7-3-4-19(31)29-17-9-13-16(10-18(17)32-21(24)25)26-11-27-20(13)28-12-5-6-15(23)14(22)8-12;5-3(6)1-2-4(7)8/h3-6,8-11,21H,7H2,1-2H3,(H,29,31)(H,26,27,28);1-2H,(H,5,6)(H,7,8)/b4-3+;. The quantitative estimate of drug-likeness (QED) is 0.251. The predicted molar refractivity (Wildman–Crippen MR) is 142 cm³/mol. The van der Waals surface area contributed by atoms with Gasteiger partial charge in [-0.25, -0.2) is 23.9 Å². The summed E-state index contributed by atoms with van der Waals surface area (Å²) in [6, 6.07) is 6.71. The van der Waals surface area contributed by atoms with E-state index in [0.29, 0.717) is 35.6 Å². The number of carboxylic acids is 2. The van der Waals surface area contributed by atoms with Crippen LogP contribution in [-0.4, -0.2) is 70.2 Å². The van der Waals surface area contributed by atoms with Crippen LogP contribution in [0.2, 0.25) is 5.02 Å². The molecule has 0 radical (unpaired) electrons. The summed E-state index contributed by atoms with van der Waals surface area (Å²) in [5.74, 6) is -3.58. The van der Waals surface area contributed by atoms with Gasteiger partial charge in [-0.05, 0) is 38.4 Å². The minimum absolute atomic E-state index is 0.00675. The zero-order chi connectivity index (χ0) is 29.8. The topological polar surface area (TPSA) is 154 Å². The van der Waals surface area contributed by atoms with Crippen molar-refractivity contribution >= 4 is 57.5 Å². The van der Waals surface area contributed by atoms with E-state index < -0.39 is 30.3 Å². The third kappa shape index (κ3) is 10.6. The Kier molecular flexibility index (Phi) is 11.9. The van der Waals surface area contributed by atoms with E-state index in [9.17, 15) is 27.6 Å². The number of amides is 1. The zero-order valence-corrected chi connectivity index (χ0v) is 21.7. The molecule has 0 aliphatic rings. The Labute approximate surface area is 230 Å². The summed E-state index contributed by atoms with van der Waals surface area (Å²) in [5, 5.41) is 21.5. The van der Waals surface area contributed by atoms with E-state index in [0.717, 1.165) is 0 Å². The number of nitrogens with one attached hydrogen (secondary N) is 2. The molecule has 15 heteroatoms. The molecule has 0 saturated heterocycles. The summed E-state index contributed by atoms with van der Waals surface area (Å²) < 4.78 is 43.8. The van der Waals surface area contributed by atoms with Gasteiger partial charge >= 0.3 is 18.6 Å². The normalized spacial score (nSPS) is 11.1. The van der Waals surface area contributed by atoms with Crippen LogP contribution in [0.3, 0.4) is 0 Å². The molecule has 0 aliphatic carbocycles. The highest BCUT2D eigenvalue weighted by atomic mass is 35.5. The molecule has 0 spiro atoms. The third-order valence-corrected chi connectivity index (χ3v) is 4.79. The van der Waals surface area contributed by atoms with Crippen LogP contribution >= 0.6 is 11.6 Å². The van der Waals surface area contributed by atoms with Crippen LogP contribution < -0.4 is 15.4 Å². The molecule has 0 atom stereocenters. The molecular formula is C25H23ClF3N5O6. The minimum Gasteiger partial charge on any atom is -0.478 e. The number of alkyl halides is 2. The van der Waals surface area contributed by atoms with Gasteiger partial charge in [0.1, 0.15) is 18.0 Å². The maximum Gasteiger partial charge on any atom is 0.387 e. The van der Waals surface area contributed by atoms with Gasteiger partial charge in [0.2, 0.25) is 5.91 Å². The average Bonchev–Trinajstić information content (AvgIpc) is 2.85. The number of benzene rings is 2. The summed E-state index contributed by atoms with van der Waals surface area (Å²) in [6.45, 7) is -2.58. The summed E-state index contributed by atoms with van der Waals surface area (Å²) in [5.41, 5.74) is 0.737. The molecule has 11 nitrogen and oxygen atoms in total. The molecule has 0 saturated carbocycles. The molecule has 0 unspecified atom stereocenters. The monoisotopic (exact) mass is 581 g/mol. The van der Waals surface area contributed by atoms with Gasteiger partial charge < -0.3 is 30.5 Å². The maximum absolute atomic E-state index is 13.4. The Morgan fingerprint density at radius 1 is 1.07 bits per heavy atom. The van der Waals surface area contributed by atoms with Crippen LogP contribution in [0.5, 0.6) is 5.75 Å². The van der Waals surface area contributed by atoms with Gasteiger partial charge in [0.15, 0.2) is 5.75 Å². The largest absolute Gasteiger partial charge is 0.478 e. The van der Waals surface area contributed by atoms with Crippen LogP contribution in [0.25, 0.3) is 10.9 Å². The first-order valence-electron chi connectivity index (χ1n) is 11.1. The van der Waals surface area contributed by atoms with Crippen molar-refractivity contribution in [3.05, 3.63) is 71.8 Å². The first-order valence-corrected chi connectivity index (χ1v) is 11.4. The van der Waals surface area contributed by atoms with Gasteiger partial charge in [-0.1, -0.05) is 17.7 Å². The first-order chi connectivity index (χ1) is 18.8. The molecule has 3 rings (SSSR count). The number of aromatic nitrogens is 2. The van der Waals surface area contributed by atoms with Crippen molar-refractivity contribution in [2.45, 2.75) is 6.61 Å². The van der Waals surface area contributed by atoms with Crippen molar-refractivity contribution < 1.29 is 42.5 Å². The summed E-state index contributed by atoms with van der Waals surface area (Å²) in [4.78, 5) is 41.4. The molecule has 4 N–H and O–H groups in total. The lowest BCUT2D eigenvalue weighted by Gasteiger charge is -2.14. The molecule has 2 aromatic carbocycles. The van der Waals surface area contributed by atoms with E-state index in [1.54, 1.807) is 6.08 Å². The second-order valence-corrected chi connectivity index (χ2v) is 8.29. The van der Waals surface area contributed by atoms with Crippen LogP contribution in [0, 0.1) is 5.82 Å². The van der Waals surface area contributed by atoms with E-state index in [1.165, 1.54) is 42.7 Å². The van der Waals surface area contributed by atoms with Crippen LogP contribution in [0.15, 0.2) is 61.0 Å². The van der Waals surface area contributed by atoms with Crippen molar-refractivity contribution in [2.75, 3.05) is 31.3 Å². The number of hydrogen-bond donors (Lipinski definition) is 4. The fourth-order valence-corrected chi connectivity index (χ4v) is 3.05. The maximum atomic E-state index is 13.4. The molecule has 0 bridgehead atoms. The van der Waals surface area contributed by atoms with Crippen molar-refractivity contribution in [1.29, 1.82) is 0 Å². The average molecular weight is 582 g/mol. The van der Waals surface area contributed by atoms with Crippen LogP contribution in [0.4, 0.5) is 30.4 Å². The summed E-state index contributed by atoms with van der Waals surface area (Å²) >= 11 is 5.82. The Balaban J connectivity index is 0.000000611. The van der Waals surface area contributed by atoms with Crippen molar-refractivity contribution in [1.82, 2.24) is 14.9 Å². The third-order valence-electron chi connectivity index (χ3n) is 4.50. The number of nitrogens with zero attached hydrogens (tertiary/aromatic N) is 3. The lowest BCUT2D eigenvalue weighted by atomic mass is 10.1. The van der Waals surface area contributed by atoms with Crippen molar-refractivity contribution in [3.63, 3.8) is 0 Å². The van der Waals surface area contributed by atoms with E-state index in [1.807, 2.05) is 19.0 Å². The Hall–Kier alpha value is -4.69. The van der Waals surface area contributed by atoms with Gasteiger partial charge in [-0.2, -0.15) is 8.78 Å². The molecule has 0 aliphatic heterocycles. The minimum atomic E-state index is -3.10. The molecule has 3 aromatic rings. The number of anilines is 3. The number of halogens is 4. The fraction of sp³-hybridized carbons (Fsp3) is 0.160. The number of fused-ring (bicyclic) bond motifs is 1. The lowest BCUT2D eigenvalue weighted by Crippen LogP contribution is -2.14. The van der Waals surface area contributed by atoms with Crippen molar-refractivity contribution in [3.8, 4) is 5.75 Å². The number of likely N-dealkylation sites (N-methyl/N-ethyl adjacent to an activating group) is 1. The number of hydrogen-bond acceptors (Lipinski definition) is 8. The lowest BCUT2D eigenvalue weighted by molar-refractivity contribution is -0.134. The SMILES string of the molecule is CN(C)C/C=C/C(=O)Nc1cc2c(Nc3ccc(F)c(Cl)c3)ncnc2cc1OC(F)F.O=C(O)C=CC(=O)O. The van der Waals surface area contributed by atoms with Gasteiger partial charge in [-0.15, -0.1) is 0 Å². The van der Waals surface area contributed by atoms with E-state index in [2.05, 4.69) is 25.3 Å². The fourth-order valence-electron chi connectivity index (χ4n) is 2.87. The number of carbonyl (C=O) groups is 3. The number of aliphatic carboxylic acids is 2. The zero-order valence-electron chi connectivity index (χ0n) is 20.9. The van der Waals surface area contributed by atoms with E-state index in [4.69, 9.17) is 21.8 Å². The molecule has 40 heavy (non-hydrogen) atoms. The second-order valence-electron chi connectivity index (χ2n) is 7.88. The highest BCUT2D eigenvalue weighted by molar-refractivity contribution is 6.31. The molecule has 1 aromatic heterocycles. The first kappa shape index (κ1) is 31.5. The number of rotatable bonds is 10.